The number of hydrogen-bond donors (Lipinski definition) is 0. The lowest BCUT2D eigenvalue weighted by Crippen LogP contribution is -1.98. The second-order valence-electron chi connectivity index (χ2n) is 3.05. The molecule has 78 valence electrons. The summed E-state index contributed by atoms with van der Waals surface area (Å²) in [4.78, 5) is 13.7. The zero-order valence-electron chi connectivity index (χ0n) is 8.23. The van der Waals surface area contributed by atoms with E-state index in [1.165, 1.54) is 16.9 Å². The highest BCUT2D eigenvalue weighted by molar-refractivity contribution is 7.11. The molecule has 4 heteroatoms. The van der Waals surface area contributed by atoms with Crippen molar-refractivity contribution in [3.8, 4) is 0 Å². The maximum atomic E-state index is 11.2. The minimum Gasteiger partial charge on any atom is -0.465 e. The Hall–Kier alpha value is -1.13. The first kappa shape index (κ1) is 10.4. The van der Waals surface area contributed by atoms with Crippen molar-refractivity contribution in [1.29, 1.82) is 0 Å². The summed E-state index contributed by atoms with van der Waals surface area (Å²) in [6, 6.07) is 6.03. The molecule has 2 aromatic rings. The molecule has 2 heterocycles. The smallest absolute Gasteiger partial charge is 0.338 e. The third-order valence-corrected chi connectivity index (χ3v) is 3.82. The lowest BCUT2D eigenvalue weighted by atomic mass is 10.2. The summed E-state index contributed by atoms with van der Waals surface area (Å²) in [5, 5.41) is 3.90. The van der Waals surface area contributed by atoms with Gasteiger partial charge in [0.15, 0.2) is 0 Å². The molecule has 0 aliphatic rings. The maximum absolute atomic E-state index is 11.2. The van der Waals surface area contributed by atoms with Crippen LogP contribution >= 0.6 is 22.7 Å². The number of ether oxygens (including phenoxy) is 1. The van der Waals surface area contributed by atoms with E-state index in [0.29, 0.717) is 5.56 Å². The second-order valence-corrected chi connectivity index (χ2v) is 5.08. The molecular weight excluding hydrogens is 228 g/mol. The van der Waals surface area contributed by atoms with Gasteiger partial charge in [0.2, 0.25) is 0 Å². The van der Waals surface area contributed by atoms with E-state index in [4.69, 9.17) is 0 Å². The SMILES string of the molecule is COC(=O)c1csc(Cc2cccs2)c1. The van der Waals surface area contributed by atoms with Crippen molar-refractivity contribution in [3.05, 3.63) is 44.3 Å². The third-order valence-electron chi connectivity index (χ3n) is 2.00. The van der Waals surface area contributed by atoms with Crippen molar-refractivity contribution < 1.29 is 9.53 Å². The first-order valence-corrected chi connectivity index (χ1v) is 6.23. The summed E-state index contributed by atoms with van der Waals surface area (Å²) in [5.74, 6) is -0.260. The van der Waals surface area contributed by atoms with E-state index in [1.54, 1.807) is 22.7 Å². The highest BCUT2D eigenvalue weighted by Gasteiger charge is 2.08. The van der Waals surface area contributed by atoms with Crippen molar-refractivity contribution in [3.63, 3.8) is 0 Å². The number of rotatable bonds is 3. The Morgan fingerprint density at radius 3 is 2.93 bits per heavy atom. The fourth-order valence-corrected chi connectivity index (χ4v) is 2.98. The predicted molar refractivity (Wildman–Crippen MR) is 62.8 cm³/mol. The van der Waals surface area contributed by atoms with Gasteiger partial charge in [-0.2, -0.15) is 0 Å². The van der Waals surface area contributed by atoms with E-state index in [9.17, 15) is 4.79 Å². The van der Waals surface area contributed by atoms with Crippen LogP contribution < -0.4 is 0 Å². The van der Waals surface area contributed by atoms with Gasteiger partial charge >= 0.3 is 5.97 Å². The van der Waals surface area contributed by atoms with Crippen LogP contribution in [-0.4, -0.2) is 13.1 Å². The van der Waals surface area contributed by atoms with Gasteiger partial charge in [-0.05, 0) is 17.5 Å². The molecule has 0 unspecified atom stereocenters. The molecule has 2 rings (SSSR count). The summed E-state index contributed by atoms with van der Waals surface area (Å²) < 4.78 is 4.66. The average molecular weight is 238 g/mol. The Bertz CT molecular complexity index is 443. The second kappa shape index (κ2) is 4.59. The summed E-state index contributed by atoms with van der Waals surface area (Å²) in [6.07, 6.45) is 0.902. The van der Waals surface area contributed by atoms with Crippen LogP contribution in [0.25, 0.3) is 0 Å². The van der Waals surface area contributed by atoms with Crippen molar-refractivity contribution in [1.82, 2.24) is 0 Å². The minimum absolute atomic E-state index is 0.260. The number of hydrogen-bond acceptors (Lipinski definition) is 4. The van der Waals surface area contributed by atoms with Gasteiger partial charge < -0.3 is 4.74 Å². The zero-order valence-corrected chi connectivity index (χ0v) is 9.86. The molecule has 0 aromatic carbocycles. The van der Waals surface area contributed by atoms with Gasteiger partial charge in [0.25, 0.3) is 0 Å². The van der Waals surface area contributed by atoms with Crippen LogP contribution in [0.1, 0.15) is 20.1 Å². The molecule has 0 aliphatic carbocycles. The molecule has 0 aliphatic heterocycles. The van der Waals surface area contributed by atoms with Gasteiger partial charge in [-0.25, -0.2) is 4.79 Å². The van der Waals surface area contributed by atoms with Gasteiger partial charge in [-0.3, -0.25) is 0 Å². The summed E-state index contributed by atoms with van der Waals surface area (Å²) in [6.45, 7) is 0. The van der Waals surface area contributed by atoms with Gasteiger partial charge in [0.05, 0.1) is 12.7 Å². The fraction of sp³-hybridized carbons (Fsp3) is 0.182. The van der Waals surface area contributed by atoms with Crippen LogP contribution in [-0.2, 0) is 11.2 Å². The van der Waals surface area contributed by atoms with E-state index in [1.807, 2.05) is 17.5 Å². The zero-order chi connectivity index (χ0) is 10.7. The lowest BCUT2D eigenvalue weighted by molar-refractivity contribution is 0.0601. The Balaban J connectivity index is 2.11. The van der Waals surface area contributed by atoms with Crippen LogP contribution in [0.15, 0.2) is 29.0 Å². The Kier molecular flexibility index (Phi) is 3.18. The number of methoxy groups -OCH3 is 1. The van der Waals surface area contributed by atoms with Crippen LogP contribution in [0, 0.1) is 0 Å². The number of carbonyl (C=O) groups excluding carboxylic acids is 1. The van der Waals surface area contributed by atoms with E-state index in [2.05, 4.69) is 16.2 Å². The molecule has 0 N–H and O–H groups in total. The first-order chi connectivity index (χ1) is 7.29. The number of carbonyl (C=O) groups is 1. The maximum Gasteiger partial charge on any atom is 0.338 e. The van der Waals surface area contributed by atoms with Gasteiger partial charge in [0.1, 0.15) is 0 Å². The van der Waals surface area contributed by atoms with Gasteiger partial charge in [0, 0.05) is 21.6 Å². The first-order valence-electron chi connectivity index (χ1n) is 4.47. The van der Waals surface area contributed by atoms with Crippen LogP contribution in [0.3, 0.4) is 0 Å². The summed E-state index contributed by atoms with van der Waals surface area (Å²) in [7, 11) is 1.40. The largest absolute Gasteiger partial charge is 0.465 e. The molecule has 0 amide bonds. The Morgan fingerprint density at radius 2 is 2.27 bits per heavy atom. The molecule has 0 spiro atoms. The molecule has 0 saturated heterocycles. The fourth-order valence-electron chi connectivity index (χ4n) is 1.28. The molecule has 0 saturated carbocycles. The molecule has 0 fully saturated rings. The number of esters is 1. The van der Waals surface area contributed by atoms with Crippen molar-refractivity contribution in [2.45, 2.75) is 6.42 Å². The summed E-state index contributed by atoms with van der Waals surface area (Å²) >= 11 is 3.33. The van der Waals surface area contributed by atoms with Gasteiger partial charge in [-0.1, -0.05) is 6.07 Å². The lowest BCUT2D eigenvalue weighted by Gasteiger charge is -1.93. The van der Waals surface area contributed by atoms with Crippen LogP contribution in [0.4, 0.5) is 0 Å². The molecular formula is C11H10O2S2. The third kappa shape index (κ3) is 2.46. The molecule has 2 aromatic heterocycles. The van der Waals surface area contributed by atoms with E-state index in [0.717, 1.165) is 6.42 Å². The highest BCUT2D eigenvalue weighted by Crippen LogP contribution is 2.21. The standard InChI is InChI=1S/C11H10O2S2/c1-13-11(12)8-5-10(15-7-8)6-9-3-2-4-14-9/h2-5,7H,6H2,1H3. The van der Waals surface area contributed by atoms with E-state index < -0.39 is 0 Å². The van der Waals surface area contributed by atoms with E-state index >= 15 is 0 Å². The normalized spacial score (nSPS) is 10.2. The molecule has 15 heavy (non-hydrogen) atoms. The van der Waals surface area contributed by atoms with Gasteiger partial charge in [-0.15, -0.1) is 22.7 Å². The minimum atomic E-state index is -0.260. The van der Waals surface area contributed by atoms with Crippen LogP contribution in [0.2, 0.25) is 0 Å². The average Bonchev–Trinajstić information content (AvgIpc) is 2.88. The number of thiophene rings is 2. The van der Waals surface area contributed by atoms with Crippen molar-refractivity contribution in [2.24, 2.45) is 0 Å². The molecule has 0 radical (unpaired) electrons. The molecule has 2 nitrogen and oxygen atoms in total. The van der Waals surface area contributed by atoms with Crippen molar-refractivity contribution >= 4 is 28.6 Å². The quantitative estimate of drug-likeness (QED) is 0.768. The van der Waals surface area contributed by atoms with Crippen molar-refractivity contribution in [2.75, 3.05) is 7.11 Å². The topological polar surface area (TPSA) is 26.3 Å². The molecule has 0 bridgehead atoms. The predicted octanol–water partition coefficient (Wildman–Crippen LogP) is 3.19. The summed E-state index contributed by atoms with van der Waals surface area (Å²) in [5.41, 5.74) is 0.647. The molecule has 0 atom stereocenters. The Morgan fingerprint density at radius 1 is 1.40 bits per heavy atom. The highest BCUT2D eigenvalue weighted by atomic mass is 32.1. The van der Waals surface area contributed by atoms with Crippen LogP contribution in [0.5, 0.6) is 0 Å². The van der Waals surface area contributed by atoms with E-state index in [-0.39, 0.29) is 5.97 Å². The monoisotopic (exact) mass is 238 g/mol. The Labute approximate surface area is 96.1 Å².